The van der Waals surface area contributed by atoms with Crippen molar-refractivity contribution in [1.82, 2.24) is 4.90 Å². The van der Waals surface area contributed by atoms with E-state index in [1.54, 1.807) is 24.3 Å². The van der Waals surface area contributed by atoms with Gasteiger partial charge >= 0.3 is 5.97 Å². The SMILES string of the molecule is CCCN(CCC(=O)O)C(=O)CCC(=O)c1ccc(Cl)cc1. The molecular formula is C16H20ClNO4. The van der Waals surface area contributed by atoms with Gasteiger partial charge in [-0.3, -0.25) is 14.4 Å². The third-order valence-corrected chi connectivity index (χ3v) is 3.43. The van der Waals surface area contributed by atoms with Gasteiger partial charge in [-0.1, -0.05) is 18.5 Å². The van der Waals surface area contributed by atoms with Gasteiger partial charge in [0.05, 0.1) is 6.42 Å². The van der Waals surface area contributed by atoms with Gasteiger partial charge in [0.25, 0.3) is 0 Å². The molecule has 0 aliphatic carbocycles. The summed E-state index contributed by atoms with van der Waals surface area (Å²) in [5.74, 6) is -1.25. The molecule has 6 heteroatoms. The van der Waals surface area contributed by atoms with E-state index in [-0.39, 0.29) is 37.5 Å². The molecule has 1 N–H and O–H groups in total. The summed E-state index contributed by atoms with van der Waals surface area (Å²) < 4.78 is 0. The average Bonchev–Trinajstić information content (AvgIpc) is 2.49. The molecule has 0 aliphatic heterocycles. The first kappa shape index (κ1) is 18.2. The lowest BCUT2D eigenvalue weighted by atomic mass is 10.1. The first-order valence-electron chi connectivity index (χ1n) is 7.22. The number of ketones is 1. The fraction of sp³-hybridized carbons (Fsp3) is 0.438. The van der Waals surface area contributed by atoms with Crippen LogP contribution >= 0.6 is 11.6 Å². The van der Waals surface area contributed by atoms with Crippen LogP contribution in [-0.2, 0) is 9.59 Å². The fourth-order valence-electron chi connectivity index (χ4n) is 2.02. The first-order valence-corrected chi connectivity index (χ1v) is 7.60. The summed E-state index contributed by atoms with van der Waals surface area (Å²) >= 11 is 5.76. The number of carbonyl (C=O) groups excluding carboxylic acids is 2. The van der Waals surface area contributed by atoms with Gasteiger partial charge in [-0.25, -0.2) is 0 Å². The highest BCUT2D eigenvalue weighted by Crippen LogP contribution is 2.12. The van der Waals surface area contributed by atoms with E-state index in [4.69, 9.17) is 16.7 Å². The first-order chi connectivity index (χ1) is 10.4. The molecule has 0 spiro atoms. The molecule has 5 nitrogen and oxygen atoms in total. The minimum absolute atomic E-state index is 0.0844. The zero-order valence-corrected chi connectivity index (χ0v) is 13.3. The quantitative estimate of drug-likeness (QED) is 0.708. The highest BCUT2D eigenvalue weighted by Gasteiger charge is 2.16. The minimum atomic E-state index is -0.939. The zero-order chi connectivity index (χ0) is 16.5. The Bertz CT molecular complexity index is 527. The van der Waals surface area contributed by atoms with Crippen LogP contribution in [0, 0.1) is 0 Å². The lowest BCUT2D eigenvalue weighted by molar-refractivity contribution is -0.138. The molecular weight excluding hydrogens is 306 g/mol. The number of carbonyl (C=O) groups is 3. The third-order valence-electron chi connectivity index (χ3n) is 3.17. The fourth-order valence-corrected chi connectivity index (χ4v) is 2.15. The van der Waals surface area contributed by atoms with Gasteiger partial charge in [0, 0.05) is 36.5 Å². The van der Waals surface area contributed by atoms with Crippen molar-refractivity contribution in [2.75, 3.05) is 13.1 Å². The topological polar surface area (TPSA) is 74.7 Å². The van der Waals surface area contributed by atoms with Gasteiger partial charge in [-0.15, -0.1) is 0 Å². The van der Waals surface area contributed by atoms with Crippen molar-refractivity contribution in [3.63, 3.8) is 0 Å². The molecule has 0 atom stereocenters. The summed E-state index contributed by atoms with van der Waals surface area (Å²) in [4.78, 5) is 36.2. The van der Waals surface area contributed by atoms with E-state index in [0.717, 1.165) is 6.42 Å². The number of benzene rings is 1. The summed E-state index contributed by atoms with van der Waals surface area (Å²) in [7, 11) is 0. The minimum Gasteiger partial charge on any atom is -0.481 e. The summed E-state index contributed by atoms with van der Waals surface area (Å²) in [5, 5.41) is 9.25. The lowest BCUT2D eigenvalue weighted by Crippen LogP contribution is -2.33. The Morgan fingerprint density at radius 3 is 2.23 bits per heavy atom. The number of amides is 1. The lowest BCUT2D eigenvalue weighted by Gasteiger charge is -2.21. The van der Waals surface area contributed by atoms with Gasteiger partial charge in [-0.05, 0) is 30.7 Å². The van der Waals surface area contributed by atoms with Gasteiger partial charge in [0.2, 0.25) is 5.91 Å². The van der Waals surface area contributed by atoms with Crippen molar-refractivity contribution in [3.8, 4) is 0 Å². The highest BCUT2D eigenvalue weighted by atomic mass is 35.5. The Kier molecular flexibility index (Phi) is 7.60. The Labute approximate surface area is 134 Å². The summed E-state index contributed by atoms with van der Waals surface area (Å²) in [5.41, 5.74) is 0.518. The molecule has 1 aromatic carbocycles. The van der Waals surface area contributed by atoms with Crippen LogP contribution in [0.4, 0.5) is 0 Å². The van der Waals surface area contributed by atoms with Gasteiger partial charge in [0.1, 0.15) is 0 Å². The second-order valence-corrected chi connectivity index (χ2v) is 5.39. The zero-order valence-electron chi connectivity index (χ0n) is 12.5. The van der Waals surface area contributed by atoms with Crippen LogP contribution in [0.25, 0.3) is 0 Å². The predicted octanol–water partition coefficient (Wildman–Crippen LogP) is 3.02. The van der Waals surface area contributed by atoms with E-state index < -0.39 is 5.97 Å². The number of halogens is 1. The summed E-state index contributed by atoms with van der Waals surface area (Å²) in [6.07, 6.45) is 0.849. The van der Waals surface area contributed by atoms with Crippen molar-refractivity contribution in [2.24, 2.45) is 0 Å². The Morgan fingerprint density at radius 2 is 1.68 bits per heavy atom. The van der Waals surface area contributed by atoms with E-state index in [9.17, 15) is 14.4 Å². The largest absolute Gasteiger partial charge is 0.481 e. The molecule has 0 heterocycles. The van der Waals surface area contributed by atoms with Gasteiger partial charge < -0.3 is 10.0 Å². The highest BCUT2D eigenvalue weighted by molar-refractivity contribution is 6.30. The van der Waals surface area contributed by atoms with Gasteiger partial charge in [0.15, 0.2) is 5.78 Å². The van der Waals surface area contributed by atoms with E-state index in [1.165, 1.54) is 4.90 Å². The van der Waals surface area contributed by atoms with Crippen LogP contribution < -0.4 is 0 Å². The Balaban J connectivity index is 2.52. The molecule has 1 amide bonds. The number of carboxylic acids is 1. The van der Waals surface area contributed by atoms with Crippen molar-refractivity contribution < 1.29 is 19.5 Å². The molecule has 0 aromatic heterocycles. The van der Waals surface area contributed by atoms with Crippen molar-refractivity contribution >= 4 is 29.3 Å². The molecule has 0 saturated heterocycles. The normalized spacial score (nSPS) is 10.3. The van der Waals surface area contributed by atoms with Crippen LogP contribution in [0.1, 0.15) is 43.0 Å². The van der Waals surface area contributed by atoms with Crippen LogP contribution in [-0.4, -0.2) is 40.8 Å². The van der Waals surface area contributed by atoms with Crippen molar-refractivity contribution in [2.45, 2.75) is 32.6 Å². The Morgan fingerprint density at radius 1 is 1.05 bits per heavy atom. The number of nitrogens with zero attached hydrogens (tertiary/aromatic N) is 1. The second-order valence-electron chi connectivity index (χ2n) is 4.95. The second kappa shape index (κ2) is 9.20. The molecule has 22 heavy (non-hydrogen) atoms. The third kappa shape index (κ3) is 6.26. The smallest absolute Gasteiger partial charge is 0.305 e. The maximum atomic E-state index is 12.1. The van der Waals surface area contributed by atoms with Crippen LogP contribution in [0.15, 0.2) is 24.3 Å². The summed E-state index contributed by atoms with van der Waals surface area (Å²) in [6.45, 7) is 2.60. The van der Waals surface area contributed by atoms with E-state index in [0.29, 0.717) is 17.1 Å². The molecule has 1 aromatic rings. The molecule has 0 fully saturated rings. The maximum absolute atomic E-state index is 12.1. The number of hydrogen-bond acceptors (Lipinski definition) is 3. The molecule has 1 rings (SSSR count). The number of aliphatic carboxylic acids is 1. The maximum Gasteiger partial charge on any atom is 0.305 e. The van der Waals surface area contributed by atoms with Crippen LogP contribution in [0.3, 0.4) is 0 Å². The van der Waals surface area contributed by atoms with Gasteiger partial charge in [-0.2, -0.15) is 0 Å². The molecule has 0 radical (unpaired) electrons. The molecule has 0 aliphatic rings. The number of Topliss-reactive ketones (excluding diaryl/α,β-unsaturated/α-hetero) is 1. The van der Waals surface area contributed by atoms with Crippen molar-refractivity contribution in [3.05, 3.63) is 34.9 Å². The molecule has 0 unspecified atom stereocenters. The predicted molar refractivity (Wildman–Crippen MR) is 84.1 cm³/mol. The van der Waals surface area contributed by atoms with E-state index in [1.807, 2.05) is 6.92 Å². The van der Waals surface area contributed by atoms with Crippen LogP contribution in [0.2, 0.25) is 5.02 Å². The number of rotatable bonds is 9. The molecule has 0 saturated carbocycles. The standard InChI is InChI=1S/C16H20ClNO4/c1-2-10-18(11-9-16(21)22)15(20)8-7-14(19)12-3-5-13(17)6-4-12/h3-6H,2,7-11H2,1H3,(H,21,22). The number of carboxylic acid groups (broad SMARTS) is 1. The summed E-state index contributed by atoms with van der Waals surface area (Å²) in [6, 6.07) is 6.52. The Hall–Kier alpha value is -1.88. The number of hydrogen-bond donors (Lipinski definition) is 1. The molecule has 0 bridgehead atoms. The van der Waals surface area contributed by atoms with Crippen molar-refractivity contribution in [1.29, 1.82) is 0 Å². The average molecular weight is 326 g/mol. The molecule has 120 valence electrons. The van der Waals surface area contributed by atoms with E-state index in [2.05, 4.69) is 0 Å². The van der Waals surface area contributed by atoms with Crippen LogP contribution in [0.5, 0.6) is 0 Å². The van der Waals surface area contributed by atoms with E-state index >= 15 is 0 Å². The monoisotopic (exact) mass is 325 g/mol.